The third-order valence-electron chi connectivity index (χ3n) is 2.33. The molecule has 0 saturated heterocycles. The lowest BCUT2D eigenvalue weighted by atomic mass is 10.3. The van der Waals surface area contributed by atoms with E-state index in [0.717, 1.165) is 22.2 Å². The van der Waals surface area contributed by atoms with Crippen molar-refractivity contribution < 1.29 is 0 Å². The smallest absolute Gasteiger partial charge is 0.271 e. The maximum Gasteiger partial charge on any atom is 0.271 e. The minimum Gasteiger partial charge on any atom is -0.330 e. The van der Waals surface area contributed by atoms with Gasteiger partial charge in [0, 0.05) is 6.54 Å². The maximum absolute atomic E-state index is 11.9. The van der Waals surface area contributed by atoms with E-state index in [1.54, 1.807) is 10.9 Å². The molecule has 0 aliphatic heterocycles. The topological polar surface area (TPSA) is 60.9 Å². The summed E-state index contributed by atoms with van der Waals surface area (Å²) >= 11 is 1.46. The Morgan fingerprint density at radius 2 is 2.40 bits per heavy atom. The second-order valence-corrected chi connectivity index (χ2v) is 4.36. The first kappa shape index (κ1) is 10.3. The number of aromatic nitrogens is 2. The first-order valence-corrected chi connectivity index (χ1v) is 5.75. The number of hydrogen-bond donors (Lipinski definition) is 1. The normalized spacial score (nSPS) is 11.1. The average Bonchev–Trinajstić information content (AvgIpc) is 2.61. The van der Waals surface area contributed by atoms with Gasteiger partial charge in [-0.25, -0.2) is 4.98 Å². The molecule has 0 aromatic carbocycles. The SMILES string of the molecule is Cc1csc2c(=O)n(CCCN)cnc12. The molecule has 0 saturated carbocycles. The molecular weight excluding hydrogens is 210 g/mol. The second-order valence-electron chi connectivity index (χ2n) is 3.48. The van der Waals surface area contributed by atoms with Crippen LogP contribution in [0.1, 0.15) is 12.0 Å². The molecule has 0 bridgehead atoms. The van der Waals surface area contributed by atoms with Crippen LogP contribution >= 0.6 is 11.3 Å². The van der Waals surface area contributed by atoms with Crippen LogP contribution in [-0.2, 0) is 6.54 Å². The van der Waals surface area contributed by atoms with Crippen molar-refractivity contribution in [3.05, 3.63) is 27.6 Å². The maximum atomic E-state index is 11.9. The van der Waals surface area contributed by atoms with Crippen molar-refractivity contribution >= 4 is 21.6 Å². The van der Waals surface area contributed by atoms with E-state index in [9.17, 15) is 4.79 Å². The Hall–Kier alpha value is -1.20. The van der Waals surface area contributed by atoms with E-state index in [2.05, 4.69) is 4.98 Å². The van der Waals surface area contributed by atoms with Gasteiger partial charge in [0.05, 0.1) is 11.8 Å². The fourth-order valence-corrected chi connectivity index (χ4v) is 2.43. The molecule has 0 aliphatic carbocycles. The van der Waals surface area contributed by atoms with E-state index >= 15 is 0 Å². The molecule has 2 N–H and O–H groups in total. The zero-order chi connectivity index (χ0) is 10.8. The van der Waals surface area contributed by atoms with Crippen LogP contribution < -0.4 is 11.3 Å². The number of aryl methyl sites for hydroxylation is 2. The van der Waals surface area contributed by atoms with Gasteiger partial charge in [-0.1, -0.05) is 0 Å². The molecule has 5 heteroatoms. The van der Waals surface area contributed by atoms with Gasteiger partial charge in [0.15, 0.2) is 0 Å². The summed E-state index contributed by atoms with van der Waals surface area (Å²) in [5.74, 6) is 0. The van der Waals surface area contributed by atoms with Crippen molar-refractivity contribution in [2.75, 3.05) is 6.54 Å². The number of thiophene rings is 1. The van der Waals surface area contributed by atoms with Crippen molar-refractivity contribution in [3.63, 3.8) is 0 Å². The molecular formula is C10H13N3OS. The lowest BCUT2D eigenvalue weighted by Crippen LogP contribution is -2.21. The Morgan fingerprint density at radius 1 is 1.60 bits per heavy atom. The van der Waals surface area contributed by atoms with Gasteiger partial charge in [0.25, 0.3) is 5.56 Å². The van der Waals surface area contributed by atoms with Crippen molar-refractivity contribution in [1.29, 1.82) is 0 Å². The van der Waals surface area contributed by atoms with Crippen LogP contribution in [0.3, 0.4) is 0 Å². The minimum absolute atomic E-state index is 0.0477. The van der Waals surface area contributed by atoms with Crippen LogP contribution in [0.4, 0.5) is 0 Å². The average molecular weight is 223 g/mol. The van der Waals surface area contributed by atoms with Gasteiger partial charge in [0.2, 0.25) is 0 Å². The van der Waals surface area contributed by atoms with Crippen molar-refractivity contribution in [2.24, 2.45) is 5.73 Å². The zero-order valence-electron chi connectivity index (χ0n) is 8.56. The lowest BCUT2D eigenvalue weighted by molar-refractivity contribution is 0.625. The van der Waals surface area contributed by atoms with E-state index in [-0.39, 0.29) is 5.56 Å². The first-order valence-electron chi connectivity index (χ1n) is 4.87. The van der Waals surface area contributed by atoms with Gasteiger partial charge in [-0.3, -0.25) is 9.36 Å². The van der Waals surface area contributed by atoms with Gasteiger partial charge in [-0.05, 0) is 30.8 Å². The van der Waals surface area contributed by atoms with Crippen LogP contribution in [-0.4, -0.2) is 16.1 Å². The molecule has 0 atom stereocenters. The Morgan fingerprint density at radius 3 is 3.13 bits per heavy atom. The van der Waals surface area contributed by atoms with Crippen LogP contribution in [0, 0.1) is 6.92 Å². The van der Waals surface area contributed by atoms with Crippen molar-refractivity contribution in [2.45, 2.75) is 19.9 Å². The van der Waals surface area contributed by atoms with E-state index in [4.69, 9.17) is 5.73 Å². The molecule has 0 unspecified atom stereocenters. The number of nitrogens with zero attached hydrogens (tertiary/aromatic N) is 2. The molecule has 2 aromatic rings. The number of fused-ring (bicyclic) bond motifs is 1. The molecule has 0 aliphatic rings. The predicted molar refractivity (Wildman–Crippen MR) is 62.3 cm³/mol. The highest BCUT2D eigenvalue weighted by atomic mass is 32.1. The van der Waals surface area contributed by atoms with Crippen molar-refractivity contribution in [1.82, 2.24) is 9.55 Å². The van der Waals surface area contributed by atoms with E-state index < -0.39 is 0 Å². The molecule has 15 heavy (non-hydrogen) atoms. The highest BCUT2D eigenvalue weighted by Gasteiger charge is 2.07. The molecule has 2 aromatic heterocycles. The molecule has 0 radical (unpaired) electrons. The van der Waals surface area contributed by atoms with Gasteiger partial charge in [-0.15, -0.1) is 11.3 Å². The standard InChI is InChI=1S/C10H13N3OS/c1-7-5-15-9-8(7)12-6-13(10(9)14)4-2-3-11/h5-6H,2-4,11H2,1H3. The third kappa shape index (κ3) is 1.80. The summed E-state index contributed by atoms with van der Waals surface area (Å²) in [7, 11) is 0. The summed E-state index contributed by atoms with van der Waals surface area (Å²) in [6, 6.07) is 0. The fourth-order valence-electron chi connectivity index (χ4n) is 1.48. The highest BCUT2D eigenvalue weighted by molar-refractivity contribution is 7.17. The van der Waals surface area contributed by atoms with Crippen molar-refractivity contribution in [3.8, 4) is 0 Å². The summed E-state index contributed by atoms with van der Waals surface area (Å²) in [6.07, 6.45) is 2.41. The monoisotopic (exact) mass is 223 g/mol. The first-order chi connectivity index (χ1) is 7.24. The Balaban J connectivity index is 2.51. The molecule has 0 amide bonds. The lowest BCUT2D eigenvalue weighted by Gasteiger charge is -2.03. The largest absolute Gasteiger partial charge is 0.330 e. The Labute approximate surface area is 91.4 Å². The van der Waals surface area contributed by atoms with Crippen LogP contribution in [0.15, 0.2) is 16.5 Å². The van der Waals surface area contributed by atoms with Gasteiger partial charge in [0.1, 0.15) is 4.70 Å². The van der Waals surface area contributed by atoms with Crippen LogP contribution in [0.5, 0.6) is 0 Å². The quantitative estimate of drug-likeness (QED) is 0.848. The Bertz CT molecular complexity index is 529. The predicted octanol–water partition coefficient (Wildman–Crippen LogP) is 1.12. The summed E-state index contributed by atoms with van der Waals surface area (Å²) in [5.41, 5.74) is 7.35. The minimum atomic E-state index is 0.0477. The molecule has 0 spiro atoms. The molecule has 2 rings (SSSR count). The molecule has 80 valence electrons. The van der Waals surface area contributed by atoms with Crippen LogP contribution in [0.2, 0.25) is 0 Å². The van der Waals surface area contributed by atoms with Gasteiger partial charge < -0.3 is 5.73 Å². The second kappa shape index (κ2) is 4.12. The van der Waals surface area contributed by atoms with E-state index in [1.165, 1.54) is 11.3 Å². The van der Waals surface area contributed by atoms with Gasteiger partial charge in [-0.2, -0.15) is 0 Å². The number of hydrogen-bond acceptors (Lipinski definition) is 4. The fraction of sp³-hybridized carbons (Fsp3) is 0.400. The molecule has 2 heterocycles. The van der Waals surface area contributed by atoms with E-state index in [0.29, 0.717) is 13.1 Å². The van der Waals surface area contributed by atoms with Crippen LogP contribution in [0.25, 0.3) is 10.2 Å². The highest BCUT2D eigenvalue weighted by Crippen LogP contribution is 2.19. The number of nitrogens with two attached hydrogens (primary N) is 1. The zero-order valence-corrected chi connectivity index (χ0v) is 9.38. The third-order valence-corrected chi connectivity index (χ3v) is 3.40. The summed E-state index contributed by atoms with van der Waals surface area (Å²) in [4.78, 5) is 16.2. The molecule has 4 nitrogen and oxygen atoms in total. The molecule has 0 fully saturated rings. The van der Waals surface area contributed by atoms with Gasteiger partial charge >= 0.3 is 0 Å². The Kier molecular flexibility index (Phi) is 2.83. The summed E-state index contributed by atoms with van der Waals surface area (Å²) < 4.78 is 2.37. The summed E-state index contributed by atoms with van der Waals surface area (Å²) in [6.45, 7) is 3.21. The van der Waals surface area contributed by atoms with E-state index in [1.807, 2.05) is 12.3 Å². The number of rotatable bonds is 3. The summed E-state index contributed by atoms with van der Waals surface area (Å²) in [5, 5.41) is 1.96.